The molecule has 3 N–H and O–H groups in total. The quantitative estimate of drug-likeness (QED) is 0.700. The molecule has 1 heterocycles. The molecule has 1 fully saturated rings. The Kier molecular flexibility index (Phi) is 3.10. The maximum absolute atomic E-state index is 11.4. The van der Waals surface area contributed by atoms with Gasteiger partial charge in [-0.2, -0.15) is 0 Å². The monoisotopic (exact) mass is 233 g/mol. The van der Waals surface area contributed by atoms with Gasteiger partial charge in [-0.25, -0.2) is 0 Å². The third kappa shape index (κ3) is 2.29. The number of hydrogen-bond donors (Lipinski definition) is 2. The van der Waals surface area contributed by atoms with Gasteiger partial charge in [0.1, 0.15) is 0 Å². The maximum Gasteiger partial charge on any atom is 0.246 e. The molecule has 0 spiro atoms. The van der Waals surface area contributed by atoms with Crippen molar-refractivity contribution >= 4 is 17.5 Å². The number of nitrogens with two attached hydrogens (primary N) is 1. The van der Waals surface area contributed by atoms with Crippen LogP contribution in [-0.4, -0.2) is 24.9 Å². The van der Waals surface area contributed by atoms with Crippen molar-refractivity contribution in [3.05, 3.63) is 29.3 Å². The summed E-state index contributed by atoms with van der Waals surface area (Å²) < 4.78 is 0. The highest BCUT2D eigenvalue weighted by Gasteiger charge is 2.24. The van der Waals surface area contributed by atoms with Crippen molar-refractivity contribution in [2.45, 2.75) is 13.5 Å². The number of carbonyl (C=O) groups excluding carboxylic acids is 2. The van der Waals surface area contributed by atoms with E-state index in [0.29, 0.717) is 6.54 Å². The zero-order chi connectivity index (χ0) is 12.4. The molecule has 90 valence electrons. The Labute approximate surface area is 99.6 Å². The summed E-state index contributed by atoms with van der Waals surface area (Å²) in [6.07, 6.45) is 0. The lowest BCUT2D eigenvalue weighted by Crippen LogP contribution is -2.52. The van der Waals surface area contributed by atoms with Crippen LogP contribution in [0.1, 0.15) is 11.1 Å². The van der Waals surface area contributed by atoms with E-state index in [9.17, 15) is 9.59 Å². The number of benzene rings is 1. The minimum absolute atomic E-state index is 0.198. The summed E-state index contributed by atoms with van der Waals surface area (Å²) in [5.74, 6) is -0.542. The van der Waals surface area contributed by atoms with Gasteiger partial charge in [0.2, 0.25) is 11.8 Å². The van der Waals surface area contributed by atoms with Crippen molar-refractivity contribution < 1.29 is 9.59 Å². The average molecular weight is 233 g/mol. The van der Waals surface area contributed by atoms with Gasteiger partial charge in [0.05, 0.1) is 13.1 Å². The molecule has 0 radical (unpaired) electrons. The minimum Gasteiger partial charge on any atom is -0.352 e. The molecular formula is C12H15N3O2. The van der Waals surface area contributed by atoms with Crippen molar-refractivity contribution in [3.8, 4) is 0 Å². The minimum atomic E-state index is -0.271. The third-order valence-electron chi connectivity index (χ3n) is 2.81. The SMILES string of the molecule is Cc1cccc(CN)c1N1CC(=O)NC(=O)C1. The highest BCUT2D eigenvalue weighted by molar-refractivity contribution is 6.03. The van der Waals surface area contributed by atoms with E-state index < -0.39 is 0 Å². The number of rotatable bonds is 2. The van der Waals surface area contributed by atoms with E-state index in [2.05, 4.69) is 5.32 Å². The average Bonchev–Trinajstić information content (AvgIpc) is 2.27. The number of piperazine rings is 1. The Balaban J connectivity index is 2.39. The van der Waals surface area contributed by atoms with Crippen LogP contribution in [0.4, 0.5) is 5.69 Å². The Morgan fingerprint density at radius 1 is 1.29 bits per heavy atom. The fourth-order valence-corrected chi connectivity index (χ4v) is 2.13. The molecule has 5 nitrogen and oxygen atoms in total. The molecule has 0 aliphatic carbocycles. The van der Waals surface area contributed by atoms with Gasteiger partial charge in [0.15, 0.2) is 0 Å². The predicted octanol–water partition coefficient (Wildman–Crippen LogP) is -0.0835. The number of nitrogens with zero attached hydrogens (tertiary/aromatic N) is 1. The molecule has 2 rings (SSSR count). The Bertz CT molecular complexity index is 455. The molecule has 2 amide bonds. The number of anilines is 1. The first kappa shape index (κ1) is 11.6. The first-order valence-electron chi connectivity index (χ1n) is 5.48. The lowest BCUT2D eigenvalue weighted by Gasteiger charge is -2.30. The van der Waals surface area contributed by atoms with Crippen LogP contribution >= 0.6 is 0 Å². The van der Waals surface area contributed by atoms with Gasteiger partial charge in [-0.1, -0.05) is 18.2 Å². The van der Waals surface area contributed by atoms with E-state index in [1.54, 1.807) is 4.90 Å². The van der Waals surface area contributed by atoms with Gasteiger partial charge in [-0.05, 0) is 18.1 Å². The number of hydrogen-bond acceptors (Lipinski definition) is 4. The number of para-hydroxylation sites is 1. The highest BCUT2D eigenvalue weighted by Crippen LogP contribution is 2.25. The number of nitrogens with one attached hydrogen (secondary N) is 1. The lowest BCUT2D eigenvalue weighted by atomic mass is 10.1. The van der Waals surface area contributed by atoms with Gasteiger partial charge in [0.25, 0.3) is 0 Å². The summed E-state index contributed by atoms with van der Waals surface area (Å²) in [7, 11) is 0. The third-order valence-corrected chi connectivity index (χ3v) is 2.81. The van der Waals surface area contributed by atoms with E-state index >= 15 is 0 Å². The Morgan fingerprint density at radius 3 is 2.53 bits per heavy atom. The van der Waals surface area contributed by atoms with Crippen LogP contribution in [0, 0.1) is 6.92 Å². The van der Waals surface area contributed by atoms with Gasteiger partial charge in [0, 0.05) is 12.2 Å². The molecule has 17 heavy (non-hydrogen) atoms. The predicted molar refractivity (Wildman–Crippen MR) is 64.4 cm³/mol. The van der Waals surface area contributed by atoms with E-state index in [1.807, 2.05) is 25.1 Å². The second-order valence-electron chi connectivity index (χ2n) is 4.11. The molecule has 0 bridgehead atoms. The van der Waals surface area contributed by atoms with Crippen LogP contribution in [0.15, 0.2) is 18.2 Å². The highest BCUT2D eigenvalue weighted by atomic mass is 16.2. The fourth-order valence-electron chi connectivity index (χ4n) is 2.13. The molecule has 0 unspecified atom stereocenters. The molecule has 0 aromatic heterocycles. The largest absolute Gasteiger partial charge is 0.352 e. The fraction of sp³-hybridized carbons (Fsp3) is 0.333. The van der Waals surface area contributed by atoms with Crippen LogP contribution in [0.5, 0.6) is 0 Å². The van der Waals surface area contributed by atoms with Crippen LogP contribution < -0.4 is 16.0 Å². The standard InChI is InChI=1S/C12H15N3O2/c1-8-3-2-4-9(5-13)12(8)15-6-10(16)14-11(17)7-15/h2-4H,5-7,13H2,1H3,(H,14,16,17). The lowest BCUT2D eigenvalue weighted by molar-refractivity contribution is -0.130. The Hall–Kier alpha value is -1.88. The summed E-state index contributed by atoms with van der Waals surface area (Å²) in [6.45, 7) is 2.74. The van der Waals surface area contributed by atoms with E-state index in [-0.39, 0.29) is 24.9 Å². The van der Waals surface area contributed by atoms with E-state index in [0.717, 1.165) is 16.8 Å². The van der Waals surface area contributed by atoms with Gasteiger partial charge < -0.3 is 10.6 Å². The molecule has 1 saturated heterocycles. The second kappa shape index (κ2) is 4.55. The van der Waals surface area contributed by atoms with Gasteiger partial charge in [-0.15, -0.1) is 0 Å². The van der Waals surface area contributed by atoms with Gasteiger partial charge >= 0.3 is 0 Å². The molecule has 1 aliphatic heterocycles. The normalized spacial score (nSPS) is 16.0. The van der Waals surface area contributed by atoms with Crippen LogP contribution in [-0.2, 0) is 16.1 Å². The molecule has 5 heteroatoms. The summed E-state index contributed by atoms with van der Waals surface area (Å²) in [5.41, 5.74) is 8.56. The van der Waals surface area contributed by atoms with Crippen molar-refractivity contribution in [2.75, 3.05) is 18.0 Å². The molecule has 1 aromatic rings. The number of amides is 2. The Morgan fingerprint density at radius 2 is 1.94 bits per heavy atom. The van der Waals surface area contributed by atoms with Crippen molar-refractivity contribution in [1.29, 1.82) is 0 Å². The first-order valence-corrected chi connectivity index (χ1v) is 5.48. The second-order valence-corrected chi connectivity index (χ2v) is 4.11. The summed E-state index contributed by atoms with van der Waals surface area (Å²) in [6, 6.07) is 5.79. The zero-order valence-electron chi connectivity index (χ0n) is 9.69. The number of aryl methyl sites for hydroxylation is 1. The van der Waals surface area contributed by atoms with E-state index in [1.165, 1.54) is 0 Å². The van der Waals surface area contributed by atoms with Crippen LogP contribution in [0.2, 0.25) is 0 Å². The molecule has 0 atom stereocenters. The zero-order valence-corrected chi connectivity index (χ0v) is 9.69. The van der Waals surface area contributed by atoms with E-state index in [4.69, 9.17) is 5.73 Å². The topological polar surface area (TPSA) is 75.4 Å². The summed E-state index contributed by atoms with van der Waals surface area (Å²) in [5, 5.41) is 2.29. The van der Waals surface area contributed by atoms with Crippen LogP contribution in [0.25, 0.3) is 0 Å². The molecule has 0 saturated carbocycles. The van der Waals surface area contributed by atoms with Crippen LogP contribution in [0.3, 0.4) is 0 Å². The number of carbonyl (C=O) groups is 2. The first-order chi connectivity index (χ1) is 8.11. The molecular weight excluding hydrogens is 218 g/mol. The molecule has 1 aliphatic rings. The number of imide groups is 1. The maximum atomic E-state index is 11.4. The smallest absolute Gasteiger partial charge is 0.246 e. The molecule has 1 aromatic carbocycles. The van der Waals surface area contributed by atoms with Crippen molar-refractivity contribution in [3.63, 3.8) is 0 Å². The summed E-state index contributed by atoms with van der Waals surface area (Å²) >= 11 is 0. The van der Waals surface area contributed by atoms with Crippen molar-refractivity contribution in [2.24, 2.45) is 5.73 Å². The van der Waals surface area contributed by atoms with Gasteiger partial charge in [-0.3, -0.25) is 14.9 Å². The van der Waals surface area contributed by atoms with Crippen molar-refractivity contribution in [1.82, 2.24) is 5.32 Å². The summed E-state index contributed by atoms with van der Waals surface area (Å²) in [4.78, 5) is 24.5.